The number of benzene rings is 2. The lowest BCUT2D eigenvalue weighted by Gasteiger charge is -2.12. The van der Waals surface area contributed by atoms with E-state index in [4.69, 9.17) is 4.74 Å². The smallest absolute Gasteiger partial charge is 0.263 e. The second kappa shape index (κ2) is 9.71. The minimum atomic E-state index is -3.60. The fourth-order valence-electron chi connectivity index (χ4n) is 2.65. The van der Waals surface area contributed by atoms with E-state index in [1.165, 1.54) is 36.4 Å². The number of amides is 1. The molecule has 0 unspecified atom stereocenters. The van der Waals surface area contributed by atoms with E-state index in [-0.39, 0.29) is 29.2 Å². The van der Waals surface area contributed by atoms with Crippen LogP contribution in [0.15, 0.2) is 59.5 Å². The lowest BCUT2D eigenvalue weighted by Crippen LogP contribution is -2.31. The van der Waals surface area contributed by atoms with E-state index in [1.54, 1.807) is 25.1 Å². The van der Waals surface area contributed by atoms with Gasteiger partial charge < -0.3 is 10.1 Å². The number of halogens is 1. The summed E-state index contributed by atoms with van der Waals surface area (Å²) < 4.78 is 45.8. The van der Waals surface area contributed by atoms with Crippen LogP contribution in [0.5, 0.6) is 5.75 Å². The SMILES string of the molecule is CC[C@@H](C)NS(=O)(=O)c1ccc(OCC(=O)Nc2cc(-c3cccc(F)c3)[nH]n2)cc1. The van der Waals surface area contributed by atoms with Crippen LogP contribution in [-0.4, -0.2) is 37.2 Å². The molecule has 3 aromatic rings. The number of carbonyl (C=O) groups is 1. The van der Waals surface area contributed by atoms with Gasteiger partial charge in [-0.1, -0.05) is 19.1 Å². The van der Waals surface area contributed by atoms with Crippen LogP contribution in [0.25, 0.3) is 11.3 Å². The van der Waals surface area contributed by atoms with Crippen molar-refractivity contribution in [2.75, 3.05) is 11.9 Å². The molecule has 1 heterocycles. The van der Waals surface area contributed by atoms with Crippen molar-refractivity contribution >= 4 is 21.7 Å². The highest BCUT2D eigenvalue weighted by atomic mass is 32.2. The standard InChI is InChI=1S/C21H23FN4O4S/c1-3-14(2)26-31(28,29)18-9-7-17(8-10-18)30-13-21(27)23-20-12-19(24-25-20)15-5-4-6-16(22)11-15/h4-12,14,26H,3,13H2,1-2H3,(H2,23,24,25,27)/t14-/m1/s1. The lowest BCUT2D eigenvalue weighted by molar-refractivity contribution is -0.118. The minimum absolute atomic E-state index is 0.117. The Bertz CT molecular complexity index is 1150. The molecule has 3 N–H and O–H groups in total. The van der Waals surface area contributed by atoms with E-state index < -0.39 is 15.9 Å². The third kappa shape index (κ3) is 6.12. The van der Waals surface area contributed by atoms with Gasteiger partial charge in [-0.2, -0.15) is 5.10 Å². The summed E-state index contributed by atoms with van der Waals surface area (Å²) in [6.07, 6.45) is 0.676. The van der Waals surface area contributed by atoms with E-state index in [9.17, 15) is 17.6 Å². The normalized spacial score (nSPS) is 12.4. The summed E-state index contributed by atoms with van der Waals surface area (Å²) in [6.45, 7) is 3.38. The Kier molecular flexibility index (Phi) is 7.03. The Balaban J connectivity index is 1.54. The quantitative estimate of drug-likeness (QED) is 0.467. The highest BCUT2D eigenvalue weighted by molar-refractivity contribution is 7.89. The molecule has 1 atom stereocenters. The summed E-state index contributed by atoms with van der Waals surface area (Å²) in [5.74, 6) is -0.210. The Morgan fingerprint density at radius 2 is 1.94 bits per heavy atom. The monoisotopic (exact) mass is 446 g/mol. The number of hydrogen-bond acceptors (Lipinski definition) is 5. The minimum Gasteiger partial charge on any atom is -0.484 e. The zero-order valence-corrected chi connectivity index (χ0v) is 17.9. The molecule has 0 fully saturated rings. The van der Waals surface area contributed by atoms with Crippen LogP contribution in [0.4, 0.5) is 10.2 Å². The van der Waals surface area contributed by atoms with Crippen LogP contribution in [-0.2, 0) is 14.8 Å². The molecule has 0 aliphatic heterocycles. The zero-order chi connectivity index (χ0) is 22.4. The van der Waals surface area contributed by atoms with Crippen molar-refractivity contribution in [1.29, 1.82) is 0 Å². The third-order valence-electron chi connectivity index (χ3n) is 4.45. The van der Waals surface area contributed by atoms with Gasteiger partial charge in [0.15, 0.2) is 12.4 Å². The second-order valence-electron chi connectivity index (χ2n) is 6.92. The maximum Gasteiger partial charge on any atom is 0.263 e. The molecule has 31 heavy (non-hydrogen) atoms. The number of ether oxygens (including phenoxy) is 1. The molecule has 8 nitrogen and oxygen atoms in total. The molecule has 0 saturated carbocycles. The molecular formula is C21H23FN4O4S. The molecule has 0 saturated heterocycles. The molecule has 10 heteroatoms. The zero-order valence-electron chi connectivity index (χ0n) is 17.1. The van der Waals surface area contributed by atoms with E-state index in [1.807, 2.05) is 6.92 Å². The second-order valence-corrected chi connectivity index (χ2v) is 8.63. The van der Waals surface area contributed by atoms with Crippen LogP contribution in [0, 0.1) is 5.82 Å². The Hall–Kier alpha value is -3.24. The first-order chi connectivity index (χ1) is 14.8. The van der Waals surface area contributed by atoms with E-state index in [0.717, 1.165) is 0 Å². The van der Waals surface area contributed by atoms with Gasteiger partial charge in [-0.15, -0.1) is 0 Å². The van der Waals surface area contributed by atoms with Gasteiger partial charge in [0.1, 0.15) is 11.6 Å². The molecular weight excluding hydrogens is 423 g/mol. The van der Waals surface area contributed by atoms with Crippen molar-refractivity contribution < 1.29 is 22.3 Å². The largest absolute Gasteiger partial charge is 0.484 e. The number of anilines is 1. The average Bonchev–Trinajstić information content (AvgIpc) is 3.20. The highest BCUT2D eigenvalue weighted by Crippen LogP contribution is 2.20. The van der Waals surface area contributed by atoms with Crippen LogP contribution in [0.2, 0.25) is 0 Å². The molecule has 1 amide bonds. The lowest BCUT2D eigenvalue weighted by atomic mass is 10.1. The van der Waals surface area contributed by atoms with E-state index in [2.05, 4.69) is 20.2 Å². The maximum absolute atomic E-state index is 13.3. The molecule has 0 radical (unpaired) electrons. The topological polar surface area (TPSA) is 113 Å². The van der Waals surface area contributed by atoms with E-state index in [0.29, 0.717) is 23.4 Å². The first-order valence-corrected chi connectivity index (χ1v) is 11.1. The fourth-order valence-corrected chi connectivity index (χ4v) is 3.98. The number of sulfonamides is 1. The predicted molar refractivity (Wildman–Crippen MR) is 115 cm³/mol. The number of nitrogens with one attached hydrogen (secondary N) is 3. The summed E-state index contributed by atoms with van der Waals surface area (Å²) in [4.78, 5) is 12.2. The Morgan fingerprint density at radius 1 is 1.19 bits per heavy atom. The summed E-state index contributed by atoms with van der Waals surface area (Å²) in [5, 5.41) is 9.28. The molecule has 0 spiro atoms. The number of aromatic nitrogens is 2. The fraction of sp³-hybridized carbons (Fsp3) is 0.238. The molecule has 0 aliphatic carbocycles. The molecule has 1 aromatic heterocycles. The number of rotatable bonds is 9. The highest BCUT2D eigenvalue weighted by Gasteiger charge is 2.16. The van der Waals surface area contributed by atoms with Crippen molar-refractivity contribution in [2.24, 2.45) is 0 Å². The van der Waals surface area contributed by atoms with E-state index >= 15 is 0 Å². The Labute approximate surface area is 179 Å². The van der Waals surface area contributed by atoms with Gasteiger partial charge >= 0.3 is 0 Å². The van der Waals surface area contributed by atoms with Crippen LogP contribution in [0.1, 0.15) is 20.3 Å². The average molecular weight is 447 g/mol. The van der Waals surface area contributed by atoms with Crippen molar-refractivity contribution in [3.05, 3.63) is 60.4 Å². The van der Waals surface area contributed by atoms with Gasteiger partial charge in [0.25, 0.3) is 5.91 Å². The number of carbonyl (C=O) groups excluding carboxylic acids is 1. The molecule has 164 valence electrons. The van der Waals surface area contributed by atoms with Gasteiger partial charge in [-0.3, -0.25) is 9.89 Å². The first kappa shape index (κ1) is 22.4. The summed E-state index contributed by atoms with van der Waals surface area (Å²) in [5.41, 5.74) is 1.15. The number of H-pyrrole nitrogens is 1. The summed E-state index contributed by atoms with van der Waals surface area (Å²) in [7, 11) is -3.60. The van der Waals surface area contributed by atoms with Gasteiger partial charge in [-0.05, 0) is 49.7 Å². The third-order valence-corrected chi connectivity index (χ3v) is 6.06. The van der Waals surface area contributed by atoms with Crippen molar-refractivity contribution in [3.63, 3.8) is 0 Å². The number of hydrogen-bond donors (Lipinski definition) is 3. The van der Waals surface area contributed by atoms with Gasteiger partial charge in [0.05, 0.1) is 10.6 Å². The maximum atomic E-state index is 13.3. The molecule has 2 aromatic carbocycles. The van der Waals surface area contributed by atoms with Crippen LogP contribution < -0.4 is 14.8 Å². The predicted octanol–water partition coefficient (Wildman–Crippen LogP) is 3.31. The molecule has 0 aliphatic rings. The van der Waals surface area contributed by atoms with Gasteiger partial charge in [0, 0.05) is 17.7 Å². The summed E-state index contributed by atoms with van der Waals surface area (Å²) in [6, 6.07) is 13.2. The molecule has 3 rings (SSSR count). The number of nitrogens with zero attached hydrogens (tertiary/aromatic N) is 1. The van der Waals surface area contributed by atoms with Crippen LogP contribution in [0.3, 0.4) is 0 Å². The van der Waals surface area contributed by atoms with Crippen LogP contribution >= 0.6 is 0 Å². The van der Waals surface area contributed by atoms with Gasteiger partial charge in [-0.25, -0.2) is 17.5 Å². The molecule has 0 bridgehead atoms. The number of aromatic amines is 1. The summed E-state index contributed by atoms with van der Waals surface area (Å²) >= 11 is 0. The van der Waals surface area contributed by atoms with Crippen molar-refractivity contribution in [1.82, 2.24) is 14.9 Å². The first-order valence-electron chi connectivity index (χ1n) is 9.63. The van der Waals surface area contributed by atoms with Crippen molar-refractivity contribution in [2.45, 2.75) is 31.2 Å². The van der Waals surface area contributed by atoms with Crippen molar-refractivity contribution in [3.8, 4) is 17.0 Å². The Morgan fingerprint density at radius 3 is 2.61 bits per heavy atom. The van der Waals surface area contributed by atoms with Gasteiger partial charge in [0.2, 0.25) is 10.0 Å².